The van der Waals surface area contributed by atoms with Crippen LogP contribution in [0.3, 0.4) is 0 Å². The molecular weight excluding hydrogens is 380 g/mol. The fraction of sp³-hybridized carbons (Fsp3) is 0.522. The van der Waals surface area contributed by atoms with Gasteiger partial charge in [-0.05, 0) is 50.5 Å². The van der Waals surface area contributed by atoms with Crippen molar-refractivity contribution < 1.29 is 14.7 Å². The molecule has 1 atom stereocenters. The Kier molecular flexibility index (Phi) is 6.80. The summed E-state index contributed by atoms with van der Waals surface area (Å²) >= 11 is 0. The van der Waals surface area contributed by atoms with Crippen LogP contribution in [0.1, 0.15) is 71.4 Å². The van der Waals surface area contributed by atoms with Crippen molar-refractivity contribution in [3.8, 4) is 17.0 Å². The van der Waals surface area contributed by atoms with Crippen LogP contribution in [0.4, 0.5) is 10.5 Å². The normalized spacial score (nSPS) is 15.4. The number of carbonyl (C=O) groups is 2. The number of anilines is 1. The molecule has 2 aromatic rings. The van der Waals surface area contributed by atoms with Crippen molar-refractivity contribution in [2.75, 3.05) is 5.32 Å². The Hall–Kier alpha value is -2.83. The molecule has 0 bridgehead atoms. The number of hydrogen-bond donors (Lipinski definition) is 3. The Labute approximate surface area is 177 Å². The van der Waals surface area contributed by atoms with Gasteiger partial charge in [0.25, 0.3) is 0 Å². The maximum absolute atomic E-state index is 12.9. The molecule has 1 fully saturated rings. The molecule has 0 spiro atoms. The monoisotopic (exact) mass is 412 g/mol. The third-order valence-corrected chi connectivity index (χ3v) is 5.75. The molecule has 3 rings (SSSR count). The Bertz CT molecular complexity index is 913. The first-order chi connectivity index (χ1) is 14.3. The number of aromatic nitrogens is 2. The second kappa shape index (κ2) is 9.32. The van der Waals surface area contributed by atoms with Crippen LogP contribution >= 0.6 is 0 Å². The quantitative estimate of drug-likeness (QED) is 0.590. The molecule has 0 saturated heterocycles. The van der Waals surface area contributed by atoms with Crippen LogP contribution in [0.25, 0.3) is 11.3 Å². The molecular formula is C23H32N4O3. The molecule has 7 nitrogen and oxygen atoms in total. The van der Waals surface area contributed by atoms with Gasteiger partial charge < -0.3 is 15.7 Å². The molecule has 1 aromatic heterocycles. The van der Waals surface area contributed by atoms with E-state index in [9.17, 15) is 14.7 Å². The summed E-state index contributed by atoms with van der Waals surface area (Å²) in [6.07, 6.45) is 5.16. The lowest BCUT2D eigenvalue weighted by Crippen LogP contribution is -2.37. The lowest BCUT2D eigenvalue weighted by atomic mass is 10.0. The maximum Gasteiger partial charge on any atom is 0.342 e. The Morgan fingerprint density at radius 1 is 1.20 bits per heavy atom. The Balaban J connectivity index is 1.98. The van der Waals surface area contributed by atoms with Crippen molar-refractivity contribution in [3.05, 3.63) is 30.0 Å². The highest BCUT2D eigenvalue weighted by atomic mass is 16.3. The lowest BCUT2D eigenvalue weighted by Gasteiger charge is -2.15. The summed E-state index contributed by atoms with van der Waals surface area (Å²) in [7, 11) is 0. The summed E-state index contributed by atoms with van der Waals surface area (Å²) < 4.78 is 1.45. The van der Waals surface area contributed by atoms with E-state index >= 15 is 0 Å². The van der Waals surface area contributed by atoms with E-state index in [4.69, 9.17) is 0 Å². The number of nitrogens with zero attached hydrogens (tertiary/aromatic N) is 2. The van der Waals surface area contributed by atoms with E-state index in [2.05, 4.69) is 15.7 Å². The van der Waals surface area contributed by atoms with E-state index in [1.54, 1.807) is 18.2 Å². The molecule has 1 saturated carbocycles. The van der Waals surface area contributed by atoms with Gasteiger partial charge in [0, 0.05) is 29.1 Å². The number of amides is 2. The largest absolute Gasteiger partial charge is 0.507 e. The minimum atomic E-state index is -0.249. The number of rotatable bonds is 6. The lowest BCUT2D eigenvalue weighted by molar-refractivity contribution is -0.118. The molecule has 0 aliphatic heterocycles. The van der Waals surface area contributed by atoms with E-state index in [0.29, 0.717) is 16.9 Å². The van der Waals surface area contributed by atoms with Crippen LogP contribution < -0.4 is 10.6 Å². The van der Waals surface area contributed by atoms with Crippen LogP contribution in [0.2, 0.25) is 0 Å². The van der Waals surface area contributed by atoms with E-state index in [0.717, 1.165) is 37.8 Å². The van der Waals surface area contributed by atoms with Gasteiger partial charge in [0.05, 0.1) is 11.4 Å². The van der Waals surface area contributed by atoms with E-state index in [1.807, 2.05) is 33.8 Å². The standard InChI is InChI=1S/C23H32N4O3/c1-5-15(4)24-23(30)27-20(16-8-6-7-9-16)13-19(26-27)18-12-17(10-11-21(18)28)25-22(29)14(2)3/h10-16,28H,5-9H2,1-4H3,(H,24,30)(H,25,29). The smallest absolute Gasteiger partial charge is 0.342 e. The molecule has 0 radical (unpaired) electrons. The zero-order chi connectivity index (χ0) is 21.8. The predicted octanol–water partition coefficient (Wildman–Crippen LogP) is 4.86. The maximum atomic E-state index is 12.9. The van der Waals surface area contributed by atoms with Crippen molar-refractivity contribution in [2.24, 2.45) is 5.92 Å². The van der Waals surface area contributed by atoms with Crippen LogP contribution in [0.5, 0.6) is 5.75 Å². The van der Waals surface area contributed by atoms with Crippen molar-refractivity contribution in [3.63, 3.8) is 0 Å². The third kappa shape index (κ3) is 4.83. The number of hydrogen-bond acceptors (Lipinski definition) is 4. The highest BCUT2D eigenvalue weighted by Gasteiger charge is 2.26. The van der Waals surface area contributed by atoms with Crippen molar-refractivity contribution >= 4 is 17.6 Å². The summed E-state index contributed by atoms with van der Waals surface area (Å²) in [5.41, 5.74) is 2.47. The number of phenols is 1. The van der Waals surface area contributed by atoms with E-state index in [-0.39, 0.29) is 35.6 Å². The number of nitrogens with one attached hydrogen (secondary N) is 2. The molecule has 1 aromatic carbocycles. The molecule has 30 heavy (non-hydrogen) atoms. The number of aromatic hydroxyl groups is 1. The number of phenolic OH excluding ortho intramolecular Hbond substituents is 1. The Morgan fingerprint density at radius 2 is 1.90 bits per heavy atom. The van der Waals surface area contributed by atoms with Gasteiger partial charge in [0.15, 0.2) is 0 Å². The third-order valence-electron chi connectivity index (χ3n) is 5.75. The number of benzene rings is 1. The average Bonchev–Trinajstić information content (AvgIpc) is 3.38. The average molecular weight is 413 g/mol. The second-order valence-electron chi connectivity index (χ2n) is 8.48. The topological polar surface area (TPSA) is 96.3 Å². The van der Waals surface area contributed by atoms with E-state index in [1.165, 1.54) is 4.68 Å². The van der Waals surface area contributed by atoms with Gasteiger partial charge in [0.2, 0.25) is 5.91 Å². The molecule has 1 unspecified atom stereocenters. The second-order valence-corrected chi connectivity index (χ2v) is 8.48. The molecule has 7 heteroatoms. The van der Waals surface area contributed by atoms with Gasteiger partial charge in [-0.1, -0.05) is 33.6 Å². The van der Waals surface area contributed by atoms with Crippen molar-refractivity contribution in [1.29, 1.82) is 0 Å². The highest BCUT2D eigenvalue weighted by Crippen LogP contribution is 2.38. The van der Waals surface area contributed by atoms with Crippen LogP contribution in [-0.4, -0.2) is 32.9 Å². The predicted molar refractivity (Wildman–Crippen MR) is 118 cm³/mol. The molecule has 1 heterocycles. The van der Waals surface area contributed by atoms with Crippen LogP contribution in [0, 0.1) is 5.92 Å². The number of carbonyl (C=O) groups excluding carboxylic acids is 2. The van der Waals surface area contributed by atoms with E-state index < -0.39 is 0 Å². The van der Waals surface area contributed by atoms with Crippen molar-refractivity contribution in [1.82, 2.24) is 15.1 Å². The fourth-order valence-electron chi connectivity index (χ4n) is 3.68. The first-order valence-electron chi connectivity index (χ1n) is 10.8. The van der Waals surface area contributed by atoms with Gasteiger partial charge in [-0.15, -0.1) is 0 Å². The minimum absolute atomic E-state index is 0.0459. The zero-order valence-electron chi connectivity index (χ0n) is 18.2. The van der Waals surface area contributed by atoms with Gasteiger partial charge in [-0.3, -0.25) is 4.79 Å². The molecule has 3 N–H and O–H groups in total. The minimum Gasteiger partial charge on any atom is -0.507 e. The summed E-state index contributed by atoms with van der Waals surface area (Å²) in [5.74, 6) is 0.0823. The SMILES string of the molecule is CCC(C)NC(=O)n1nc(-c2cc(NC(=O)C(C)C)ccc2O)cc1C1CCCC1. The molecule has 1 aliphatic rings. The van der Waals surface area contributed by atoms with Gasteiger partial charge in [-0.2, -0.15) is 9.78 Å². The first kappa shape index (κ1) is 21.9. The van der Waals surface area contributed by atoms with Crippen LogP contribution in [-0.2, 0) is 4.79 Å². The molecule has 2 amide bonds. The van der Waals surface area contributed by atoms with Gasteiger partial charge in [0.1, 0.15) is 5.75 Å². The highest BCUT2D eigenvalue weighted by molar-refractivity contribution is 5.93. The summed E-state index contributed by atoms with van der Waals surface area (Å²) in [6, 6.07) is 6.59. The molecule has 1 aliphatic carbocycles. The van der Waals surface area contributed by atoms with Crippen LogP contribution in [0.15, 0.2) is 24.3 Å². The zero-order valence-corrected chi connectivity index (χ0v) is 18.2. The molecule has 162 valence electrons. The summed E-state index contributed by atoms with van der Waals surface area (Å²) in [4.78, 5) is 24.9. The van der Waals surface area contributed by atoms with Gasteiger partial charge in [-0.25, -0.2) is 4.79 Å². The Morgan fingerprint density at radius 3 is 2.53 bits per heavy atom. The summed E-state index contributed by atoms with van der Waals surface area (Å²) in [5, 5.41) is 20.8. The summed E-state index contributed by atoms with van der Waals surface area (Å²) in [6.45, 7) is 7.63. The fourth-order valence-corrected chi connectivity index (χ4v) is 3.68. The van der Waals surface area contributed by atoms with Crippen molar-refractivity contribution in [2.45, 2.75) is 71.8 Å². The first-order valence-corrected chi connectivity index (χ1v) is 10.8. The van der Waals surface area contributed by atoms with Gasteiger partial charge >= 0.3 is 6.03 Å².